The van der Waals surface area contributed by atoms with Gasteiger partial charge in [-0.05, 0) is 147 Å². The Morgan fingerprint density at radius 2 is 0.595 bits per heavy atom. The molecule has 1 spiro atoms. The smallest absolute Gasteiger partial charge is 0.416 e. The molecule has 372 valence electrons. The van der Waals surface area contributed by atoms with E-state index < -0.39 is 54.2 Å². The molecule has 12 rings (SSSR count). The molecule has 0 amide bonds. The molecule has 0 fully saturated rings. The molecule has 0 aromatic heterocycles. The zero-order chi connectivity index (χ0) is 51.0. The molecule has 0 atom stereocenters. The molecule has 14 heteroatoms. The van der Waals surface area contributed by atoms with E-state index in [1.807, 2.05) is 72.8 Å². The first-order valence-corrected chi connectivity index (χ1v) is 25.7. The maximum absolute atomic E-state index is 14.8. The lowest BCUT2D eigenvalue weighted by molar-refractivity contribution is -0.144. The van der Waals surface area contributed by atoms with Crippen molar-refractivity contribution in [3.05, 3.63) is 214 Å². The molecule has 2 heterocycles. The monoisotopic (exact) mass is 1090 g/mol. The molecular weight excluding hydrogens is 1060 g/mol. The topological polar surface area (TPSA) is 0 Å². The Bertz CT molecular complexity index is 3620. The minimum Gasteiger partial charge on any atom is -1.00 e. The first-order chi connectivity index (χ1) is 34.6. The van der Waals surface area contributed by atoms with Crippen molar-refractivity contribution in [1.29, 1.82) is 0 Å². The summed E-state index contributed by atoms with van der Waals surface area (Å²) in [6.07, 6.45) is -19.8. The van der Waals surface area contributed by atoms with Crippen LogP contribution in [0.15, 0.2) is 170 Å². The highest BCUT2D eigenvalue weighted by Crippen LogP contribution is 2.75. The van der Waals surface area contributed by atoms with Crippen molar-refractivity contribution >= 4 is 50.4 Å². The van der Waals surface area contributed by atoms with Crippen LogP contribution >= 0.6 is 7.26 Å². The van der Waals surface area contributed by atoms with Crippen molar-refractivity contribution in [2.24, 2.45) is 0 Å². The molecule has 0 N–H and O–H groups in total. The van der Waals surface area contributed by atoms with Gasteiger partial charge in [-0.1, -0.05) is 121 Å². The molecule has 0 nitrogen and oxygen atoms in total. The molecule has 0 saturated carbocycles. The molecule has 0 saturated heterocycles. The van der Waals surface area contributed by atoms with E-state index in [4.69, 9.17) is 0 Å². The second kappa shape index (κ2) is 17.5. The highest BCUT2D eigenvalue weighted by Gasteiger charge is 2.48. The van der Waals surface area contributed by atoms with Crippen LogP contribution in [0.5, 0.6) is 0 Å². The van der Waals surface area contributed by atoms with Crippen molar-refractivity contribution in [2.75, 3.05) is 0 Å². The number of hydrogen-bond acceptors (Lipinski definition) is 0. The number of hydrogen-bond donors (Lipinski definition) is 0. The fourth-order valence-corrected chi connectivity index (χ4v) is 16.3. The normalized spacial score (nSPS) is 14.5. The fourth-order valence-electron chi connectivity index (χ4n) is 11.6. The van der Waals surface area contributed by atoms with Gasteiger partial charge in [0.25, 0.3) is 0 Å². The Morgan fingerprint density at radius 3 is 0.919 bits per heavy atom. The first kappa shape index (κ1) is 49.5. The van der Waals surface area contributed by atoms with E-state index in [9.17, 15) is 52.7 Å². The number of benzene rings is 10. The number of fused-ring (bicyclic) bond motifs is 14. The third-order valence-corrected chi connectivity index (χ3v) is 18.6. The van der Waals surface area contributed by atoms with Gasteiger partial charge in [0.15, 0.2) is 0 Å². The highest BCUT2D eigenvalue weighted by molar-refractivity contribution is 7.73. The van der Waals surface area contributed by atoms with Gasteiger partial charge in [-0.15, -0.1) is 0 Å². The molecule has 0 aliphatic carbocycles. The zero-order valence-electron chi connectivity index (χ0n) is 38.4. The van der Waals surface area contributed by atoms with E-state index in [1.54, 1.807) is 60.7 Å². The predicted octanol–water partition coefficient (Wildman–Crippen LogP) is 16.8. The van der Waals surface area contributed by atoms with Crippen molar-refractivity contribution in [1.82, 2.24) is 0 Å². The van der Waals surface area contributed by atoms with Crippen LogP contribution in [0.3, 0.4) is 0 Å². The Balaban J connectivity index is 0.00000588. The molecule has 0 radical (unpaired) electrons. The summed E-state index contributed by atoms with van der Waals surface area (Å²) in [6, 6.07) is 44.0. The number of halogens is 13. The Hall–Kier alpha value is -6.69. The van der Waals surface area contributed by atoms with Crippen LogP contribution in [0.1, 0.15) is 44.5 Å². The van der Waals surface area contributed by atoms with Crippen molar-refractivity contribution in [3.8, 4) is 44.5 Å². The van der Waals surface area contributed by atoms with Crippen LogP contribution in [0, 0.1) is 0 Å². The lowest BCUT2D eigenvalue weighted by atomic mass is 9.81. The van der Waals surface area contributed by atoms with Crippen molar-refractivity contribution in [3.63, 3.8) is 0 Å². The molecule has 0 bridgehead atoms. The molecule has 10 aromatic carbocycles. The van der Waals surface area contributed by atoms with Crippen molar-refractivity contribution in [2.45, 2.75) is 49.4 Å². The summed E-state index contributed by atoms with van der Waals surface area (Å²) in [6.45, 7) is 0. The van der Waals surface area contributed by atoms with Crippen LogP contribution in [0.4, 0.5) is 52.7 Å². The van der Waals surface area contributed by atoms with E-state index in [1.165, 1.54) is 0 Å². The lowest BCUT2D eigenvalue weighted by Gasteiger charge is -2.28. The van der Waals surface area contributed by atoms with Crippen LogP contribution in [-0.2, 0) is 49.4 Å². The van der Waals surface area contributed by atoms with Crippen molar-refractivity contribution < 1.29 is 69.7 Å². The maximum Gasteiger partial charge on any atom is 0.416 e. The average Bonchev–Trinajstić information content (AvgIpc) is 3.59. The second-order valence-corrected chi connectivity index (χ2v) is 23.2. The lowest BCUT2D eigenvalue weighted by Crippen LogP contribution is -3.00. The van der Waals surface area contributed by atoms with E-state index in [0.29, 0.717) is 56.1 Å². The van der Waals surface area contributed by atoms with Gasteiger partial charge in [0.05, 0.1) is 46.9 Å². The van der Waals surface area contributed by atoms with Gasteiger partial charge in [0.2, 0.25) is 0 Å². The Morgan fingerprint density at radius 1 is 0.297 bits per heavy atom. The molecule has 0 unspecified atom stereocenters. The van der Waals surface area contributed by atoms with Gasteiger partial charge < -0.3 is 17.0 Å². The summed E-state index contributed by atoms with van der Waals surface area (Å²) >= 11 is 0. The molecular formula is C60H36BrF12P. The number of alkyl halides is 12. The molecule has 2 aliphatic rings. The van der Waals surface area contributed by atoms with Crippen LogP contribution in [-0.4, -0.2) is 0 Å². The molecule has 2 aliphatic heterocycles. The third kappa shape index (κ3) is 8.40. The summed E-state index contributed by atoms with van der Waals surface area (Å²) in [4.78, 5) is 0. The predicted molar refractivity (Wildman–Crippen MR) is 266 cm³/mol. The van der Waals surface area contributed by atoms with Gasteiger partial charge in [-0.3, -0.25) is 0 Å². The van der Waals surface area contributed by atoms with Gasteiger partial charge in [0, 0.05) is 18.4 Å². The van der Waals surface area contributed by atoms with Gasteiger partial charge in [-0.25, -0.2) is 0 Å². The van der Waals surface area contributed by atoms with Gasteiger partial charge in [0.1, 0.15) is 0 Å². The van der Waals surface area contributed by atoms with E-state index in [-0.39, 0.29) is 63.7 Å². The highest BCUT2D eigenvalue weighted by atomic mass is 79.9. The second-order valence-electron chi connectivity index (χ2n) is 19.2. The molecule has 74 heavy (non-hydrogen) atoms. The standard InChI is InChI=1S/C60H36F12P.BrH/c61-57(62,63)41-21-39(22-42(27-41)58(64,65)66)49-25-35-11-3-7-15-47(35)55-51(49)31-73(29-37-19-17-33-9-1-5-13-45(33)53(37)54-38(30-73)20-18-34-10-2-6-14-46(34)54)32-52-50(26-36-12-4-8-16-48(36)56(52)55)40-23-43(59(67,68)69)28-44(24-40)60(70,71)72;/h1-28H,29-32H2;1H/q+1;/p-1. The summed E-state index contributed by atoms with van der Waals surface area (Å²) in [7, 11) is -2.97. The van der Waals surface area contributed by atoms with Crippen LogP contribution < -0.4 is 17.0 Å². The van der Waals surface area contributed by atoms with E-state index in [0.717, 1.165) is 68.1 Å². The van der Waals surface area contributed by atoms with E-state index >= 15 is 0 Å². The number of rotatable bonds is 2. The summed E-state index contributed by atoms with van der Waals surface area (Å²) in [5.41, 5.74) is -1.04. The average molecular weight is 1100 g/mol. The first-order valence-electron chi connectivity index (χ1n) is 23.2. The van der Waals surface area contributed by atoms with E-state index in [2.05, 4.69) is 0 Å². The largest absolute Gasteiger partial charge is 1.00 e. The van der Waals surface area contributed by atoms with Gasteiger partial charge >= 0.3 is 24.7 Å². The summed E-state index contributed by atoms with van der Waals surface area (Å²) in [5.74, 6) is 0. The third-order valence-electron chi connectivity index (χ3n) is 14.6. The maximum atomic E-state index is 14.8. The van der Waals surface area contributed by atoms with Gasteiger partial charge in [-0.2, -0.15) is 52.7 Å². The SMILES string of the molecule is FC(F)(F)c1cc(-c2cc3ccccc3c3c2C[P+]2(Cc4ccc5ccccc5c4-c4c(ccc5ccccc45)C2)Cc2c(-c4cc(C(F)(F)F)cc(C(F)(F)F)c4)cc4ccccc4c2-3)cc(C(F)(F)F)c1.[Br-]. The fraction of sp³-hybridized carbons (Fsp3) is 0.133. The Labute approximate surface area is 426 Å². The minimum atomic E-state index is -5.18. The summed E-state index contributed by atoms with van der Waals surface area (Å²) < 4.78 is 178. The quantitative estimate of drug-likeness (QED) is 0.120. The zero-order valence-corrected chi connectivity index (χ0v) is 40.8. The minimum absolute atomic E-state index is 0. The summed E-state index contributed by atoms with van der Waals surface area (Å²) in [5, 5.41) is 5.79. The van der Waals surface area contributed by atoms with Crippen LogP contribution in [0.2, 0.25) is 0 Å². The Kier molecular flexibility index (Phi) is 11.7. The van der Waals surface area contributed by atoms with Crippen LogP contribution in [0.25, 0.3) is 87.6 Å². The molecule has 10 aromatic rings.